The molecule has 1 aromatic heterocycles. The van der Waals surface area contributed by atoms with Crippen LogP contribution in [0, 0.1) is 6.92 Å². The fourth-order valence-electron chi connectivity index (χ4n) is 2.35. The van der Waals surface area contributed by atoms with E-state index in [1.54, 1.807) is 0 Å². The van der Waals surface area contributed by atoms with E-state index >= 15 is 0 Å². The van der Waals surface area contributed by atoms with Crippen LogP contribution in [0.25, 0.3) is 11.4 Å². The zero-order chi connectivity index (χ0) is 13.5. The van der Waals surface area contributed by atoms with E-state index < -0.39 is 0 Å². The van der Waals surface area contributed by atoms with Gasteiger partial charge in [0.25, 0.3) is 0 Å². The Morgan fingerprint density at radius 1 is 1.42 bits per heavy atom. The third-order valence-corrected chi connectivity index (χ3v) is 4.34. The van der Waals surface area contributed by atoms with Crippen molar-refractivity contribution in [2.75, 3.05) is 0 Å². The zero-order valence-electron chi connectivity index (χ0n) is 10.8. The number of hydrogen-bond acceptors (Lipinski definition) is 4. The summed E-state index contributed by atoms with van der Waals surface area (Å²) in [4.78, 5) is 4.45. The summed E-state index contributed by atoms with van der Waals surface area (Å²) in [5, 5.41) is 4.05. The van der Waals surface area contributed by atoms with Gasteiger partial charge in [-0.25, -0.2) is 0 Å². The molecule has 0 spiro atoms. The molecule has 5 heteroatoms. The Morgan fingerprint density at radius 3 is 2.84 bits per heavy atom. The Kier molecular flexibility index (Phi) is 3.19. The lowest BCUT2D eigenvalue weighted by Gasteiger charge is -2.36. The monoisotopic (exact) mass is 321 g/mol. The van der Waals surface area contributed by atoms with Crippen LogP contribution < -0.4 is 5.73 Å². The molecule has 2 aromatic rings. The summed E-state index contributed by atoms with van der Waals surface area (Å²) in [5.74, 6) is 1.24. The molecule has 19 heavy (non-hydrogen) atoms. The van der Waals surface area contributed by atoms with Crippen LogP contribution in [0.4, 0.5) is 0 Å². The summed E-state index contributed by atoms with van der Waals surface area (Å²) in [7, 11) is 0. The molecule has 1 heterocycles. The highest BCUT2D eigenvalue weighted by Gasteiger charge is 2.34. The highest BCUT2D eigenvalue weighted by Crippen LogP contribution is 2.33. The second-order valence-electron chi connectivity index (χ2n) is 5.39. The molecule has 1 fully saturated rings. The Hall–Kier alpha value is -1.20. The maximum Gasteiger partial charge on any atom is 0.228 e. The average Bonchev–Trinajstić information content (AvgIpc) is 2.75. The van der Waals surface area contributed by atoms with Gasteiger partial charge in [-0.05, 0) is 43.9 Å². The van der Waals surface area contributed by atoms with E-state index in [-0.39, 0.29) is 5.54 Å². The van der Waals surface area contributed by atoms with E-state index in [9.17, 15) is 0 Å². The Balaban J connectivity index is 1.84. The Labute approximate surface area is 120 Å². The molecular weight excluding hydrogens is 306 g/mol. The van der Waals surface area contributed by atoms with Crippen LogP contribution in [-0.4, -0.2) is 15.7 Å². The van der Waals surface area contributed by atoms with Gasteiger partial charge in [0.1, 0.15) is 0 Å². The maximum absolute atomic E-state index is 6.20. The lowest BCUT2D eigenvalue weighted by molar-refractivity contribution is 0.222. The number of nitrogens with zero attached hydrogens (tertiary/aromatic N) is 2. The van der Waals surface area contributed by atoms with Gasteiger partial charge < -0.3 is 10.3 Å². The lowest BCUT2D eigenvalue weighted by atomic mass is 9.75. The molecule has 0 aliphatic heterocycles. The number of rotatable bonds is 3. The van der Waals surface area contributed by atoms with Crippen LogP contribution in [-0.2, 0) is 6.42 Å². The van der Waals surface area contributed by atoms with Crippen LogP contribution in [0.5, 0.6) is 0 Å². The van der Waals surface area contributed by atoms with Gasteiger partial charge in [0.05, 0.1) is 0 Å². The summed E-state index contributed by atoms with van der Waals surface area (Å²) < 4.78 is 6.29. The molecule has 0 atom stereocenters. The van der Waals surface area contributed by atoms with Gasteiger partial charge in [-0.15, -0.1) is 0 Å². The van der Waals surface area contributed by atoms with Crippen LogP contribution in [0.15, 0.2) is 27.2 Å². The molecule has 1 aliphatic carbocycles. The number of aryl methyl sites for hydroxylation is 1. The van der Waals surface area contributed by atoms with Crippen molar-refractivity contribution in [1.29, 1.82) is 0 Å². The number of benzene rings is 1. The molecule has 1 aliphatic rings. The second kappa shape index (κ2) is 4.72. The Bertz CT molecular complexity index is 604. The van der Waals surface area contributed by atoms with Crippen molar-refractivity contribution < 1.29 is 4.52 Å². The largest absolute Gasteiger partial charge is 0.339 e. The maximum atomic E-state index is 6.20. The molecule has 1 aromatic carbocycles. The van der Waals surface area contributed by atoms with Crippen LogP contribution in [0.1, 0.15) is 30.7 Å². The first-order chi connectivity index (χ1) is 9.06. The molecule has 0 bridgehead atoms. The highest BCUT2D eigenvalue weighted by molar-refractivity contribution is 9.10. The Morgan fingerprint density at radius 2 is 2.21 bits per heavy atom. The van der Waals surface area contributed by atoms with E-state index in [0.29, 0.717) is 18.1 Å². The van der Waals surface area contributed by atoms with Crippen molar-refractivity contribution in [3.8, 4) is 11.4 Å². The number of halogens is 1. The van der Waals surface area contributed by atoms with E-state index in [1.807, 2.05) is 25.1 Å². The predicted molar refractivity (Wildman–Crippen MR) is 76.6 cm³/mol. The molecule has 0 amide bonds. The fourth-order valence-corrected chi connectivity index (χ4v) is 3.02. The summed E-state index contributed by atoms with van der Waals surface area (Å²) in [6, 6.07) is 6.07. The molecule has 3 rings (SSSR count). The molecule has 1 saturated carbocycles. The van der Waals surface area contributed by atoms with E-state index in [4.69, 9.17) is 10.3 Å². The third kappa shape index (κ3) is 2.58. The van der Waals surface area contributed by atoms with Gasteiger partial charge in [-0.2, -0.15) is 4.98 Å². The SMILES string of the molecule is Cc1ccc(-c2noc(CC3(N)CCC3)n2)c(Br)c1. The zero-order valence-corrected chi connectivity index (χ0v) is 12.4. The van der Waals surface area contributed by atoms with Gasteiger partial charge >= 0.3 is 0 Å². The van der Waals surface area contributed by atoms with Crippen LogP contribution in [0.3, 0.4) is 0 Å². The molecule has 2 N–H and O–H groups in total. The molecule has 4 nitrogen and oxygen atoms in total. The normalized spacial score (nSPS) is 17.2. The van der Waals surface area contributed by atoms with Gasteiger partial charge in [0.2, 0.25) is 11.7 Å². The lowest BCUT2D eigenvalue weighted by Crippen LogP contribution is -2.48. The third-order valence-electron chi connectivity index (χ3n) is 3.69. The summed E-state index contributed by atoms with van der Waals surface area (Å²) in [6.45, 7) is 2.05. The molecule has 0 radical (unpaired) electrons. The molecule has 100 valence electrons. The average molecular weight is 322 g/mol. The van der Waals surface area contributed by atoms with E-state index in [0.717, 1.165) is 22.9 Å². The highest BCUT2D eigenvalue weighted by atomic mass is 79.9. The van der Waals surface area contributed by atoms with Crippen molar-refractivity contribution in [3.63, 3.8) is 0 Å². The number of aromatic nitrogens is 2. The minimum atomic E-state index is -0.131. The van der Waals surface area contributed by atoms with Crippen molar-refractivity contribution >= 4 is 15.9 Å². The van der Waals surface area contributed by atoms with Crippen LogP contribution in [0.2, 0.25) is 0 Å². The first-order valence-corrected chi connectivity index (χ1v) is 7.23. The minimum absolute atomic E-state index is 0.131. The second-order valence-corrected chi connectivity index (χ2v) is 6.24. The van der Waals surface area contributed by atoms with Crippen molar-refractivity contribution in [2.24, 2.45) is 5.73 Å². The van der Waals surface area contributed by atoms with Gasteiger partial charge in [0, 0.05) is 22.0 Å². The summed E-state index contributed by atoms with van der Waals surface area (Å²) in [5.41, 5.74) is 8.20. The number of nitrogens with two attached hydrogens (primary N) is 1. The quantitative estimate of drug-likeness (QED) is 0.942. The first kappa shape index (κ1) is 12.8. The van der Waals surface area contributed by atoms with Crippen LogP contribution >= 0.6 is 15.9 Å². The standard InChI is InChI=1S/C14H16BrN3O/c1-9-3-4-10(11(15)7-9)13-17-12(19-18-13)8-14(16)5-2-6-14/h3-4,7H,2,5-6,8,16H2,1H3. The fraction of sp³-hybridized carbons (Fsp3) is 0.429. The van der Waals surface area contributed by atoms with Gasteiger partial charge in [0.15, 0.2) is 0 Å². The predicted octanol–water partition coefficient (Wildman–Crippen LogP) is 3.23. The summed E-state index contributed by atoms with van der Waals surface area (Å²) in [6.07, 6.45) is 3.95. The van der Waals surface area contributed by atoms with Crippen molar-refractivity contribution in [3.05, 3.63) is 34.1 Å². The molecular formula is C14H16BrN3O. The van der Waals surface area contributed by atoms with E-state index in [1.165, 1.54) is 12.0 Å². The van der Waals surface area contributed by atoms with Gasteiger partial charge in [-0.3, -0.25) is 0 Å². The summed E-state index contributed by atoms with van der Waals surface area (Å²) >= 11 is 3.53. The number of hydrogen-bond donors (Lipinski definition) is 1. The topological polar surface area (TPSA) is 64.9 Å². The first-order valence-electron chi connectivity index (χ1n) is 6.44. The van der Waals surface area contributed by atoms with Gasteiger partial charge in [-0.1, -0.05) is 27.2 Å². The molecule has 0 unspecified atom stereocenters. The minimum Gasteiger partial charge on any atom is -0.339 e. The molecule has 0 saturated heterocycles. The van der Waals surface area contributed by atoms with Crippen molar-refractivity contribution in [2.45, 2.75) is 38.1 Å². The van der Waals surface area contributed by atoms with Crippen molar-refractivity contribution in [1.82, 2.24) is 10.1 Å². The smallest absolute Gasteiger partial charge is 0.228 e. The van der Waals surface area contributed by atoms with E-state index in [2.05, 4.69) is 26.1 Å².